The molecule has 4 aromatic rings. The van der Waals surface area contributed by atoms with Crippen LogP contribution in [0.25, 0.3) is 16.7 Å². The number of likely N-dealkylation sites (N-methyl/N-ethyl adjacent to an activating group) is 1. The second-order valence-corrected chi connectivity index (χ2v) is 9.26. The van der Waals surface area contributed by atoms with Crippen molar-refractivity contribution in [2.24, 2.45) is 0 Å². The van der Waals surface area contributed by atoms with E-state index in [1.54, 1.807) is 25.1 Å². The summed E-state index contributed by atoms with van der Waals surface area (Å²) < 4.78 is 1.02. The van der Waals surface area contributed by atoms with E-state index in [2.05, 4.69) is 50.1 Å². The van der Waals surface area contributed by atoms with E-state index >= 15 is 0 Å². The normalized spacial score (nSPS) is 14.5. The highest BCUT2D eigenvalue weighted by Crippen LogP contribution is 2.26. The van der Waals surface area contributed by atoms with Crippen molar-refractivity contribution in [1.82, 2.24) is 24.4 Å². The first kappa shape index (κ1) is 23.1. The zero-order chi connectivity index (χ0) is 24.7. The topological polar surface area (TPSA) is 99.1 Å². The highest BCUT2D eigenvalue weighted by molar-refractivity contribution is 6.32. The van der Waals surface area contributed by atoms with Crippen molar-refractivity contribution in [3.05, 3.63) is 79.6 Å². The van der Waals surface area contributed by atoms with E-state index in [0.29, 0.717) is 16.3 Å². The minimum Gasteiger partial charge on any atom is -0.369 e. The van der Waals surface area contributed by atoms with Crippen LogP contribution in [-0.4, -0.2) is 57.6 Å². The Morgan fingerprint density at radius 1 is 1.03 bits per heavy atom. The summed E-state index contributed by atoms with van der Waals surface area (Å²) in [4.78, 5) is 42.1. The van der Waals surface area contributed by atoms with Gasteiger partial charge in [-0.15, -0.1) is 0 Å². The van der Waals surface area contributed by atoms with Gasteiger partial charge in [-0.1, -0.05) is 23.7 Å². The predicted octanol–water partition coefficient (Wildman–Crippen LogP) is 3.23. The van der Waals surface area contributed by atoms with Crippen LogP contribution in [0.1, 0.15) is 11.1 Å². The second-order valence-electron chi connectivity index (χ2n) is 8.85. The smallest absolute Gasteiger partial charge is 0.334 e. The molecule has 1 fully saturated rings. The number of anilines is 3. The molecule has 5 rings (SSSR count). The zero-order valence-electron chi connectivity index (χ0n) is 19.8. The molecule has 2 aromatic carbocycles. The van der Waals surface area contributed by atoms with Crippen molar-refractivity contribution in [3.8, 4) is 5.69 Å². The summed E-state index contributed by atoms with van der Waals surface area (Å²) in [7, 11) is 2.14. The van der Waals surface area contributed by atoms with E-state index < -0.39 is 11.2 Å². The standard InChI is InChI=1S/C25H26ClN7O2/c1-15-5-4-6-19(26)21(15)33-23(34)18-14-27-24(29-22(18)30-25(33)35)28-17-7-8-20(16(2)13-17)32-11-9-31(3)10-12-32/h4-8,13-14H,9-12H2,1-3H3,(H2,27,28,29,30,35). The van der Waals surface area contributed by atoms with Crippen LogP contribution in [0.2, 0.25) is 5.02 Å². The molecular weight excluding hydrogens is 466 g/mol. The van der Waals surface area contributed by atoms with E-state index in [4.69, 9.17) is 11.6 Å². The molecule has 0 unspecified atom stereocenters. The predicted molar refractivity (Wildman–Crippen MR) is 140 cm³/mol. The summed E-state index contributed by atoms with van der Waals surface area (Å²) in [5.74, 6) is 0.283. The third kappa shape index (κ3) is 4.40. The van der Waals surface area contributed by atoms with E-state index in [1.807, 2.05) is 12.1 Å². The number of benzene rings is 2. The Labute approximate surface area is 207 Å². The van der Waals surface area contributed by atoms with Crippen LogP contribution in [0.15, 0.2) is 52.2 Å². The van der Waals surface area contributed by atoms with Crippen LogP contribution in [0.5, 0.6) is 0 Å². The number of halogens is 1. The average Bonchev–Trinajstić information content (AvgIpc) is 2.81. The van der Waals surface area contributed by atoms with Gasteiger partial charge in [0.1, 0.15) is 5.39 Å². The van der Waals surface area contributed by atoms with Crippen LogP contribution >= 0.6 is 11.6 Å². The average molecular weight is 492 g/mol. The third-order valence-corrected chi connectivity index (χ3v) is 6.66. The number of piperazine rings is 1. The quantitative estimate of drug-likeness (QED) is 0.452. The SMILES string of the molecule is Cc1cc(Nc2ncc3c(=O)n(-c4c(C)cccc4Cl)c(=O)[nH]c3n2)ccc1N1CCN(C)CC1. The number of aryl methyl sites for hydroxylation is 2. The largest absolute Gasteiger partial charge is 0.369 e. The van der Waals surface area contributed by atoms with Gasteiger partial charge in [-0.2, -0.15) is 4.98 Å². The van der Waals surface area contributed by atoms with Crippen LogP contribution in [-0.2, 0) is 0 Å². The minimum absolute atomic E-state index is 0.157. The zero-order valence-corrected chi connectivity index (χ0v) is 20.6. The van der Waals surface area contributed by atoms with Gasteiger partial charge < -0.3 is 15.1 Å². The molecule has 0 amide bonds. The molecule has 0 saturated carbocycles. The van der Waals surface area contributed by atoms with Gasteiger partial charge in [0.25, 0.3) is 5.56 Å². The van der Waals surface area contributed by atoms with Crippen LogP contribution < -0.4 is 21.5 Å². The Balaban J connectivity index is 1.45. The summed E-state index contributed by atoms with van der Waals surface area (Å²) in [6.07, 6.45) is 1.41. The van der Waals surface area contributed by atoms with E-state index in [9.17, 15) is 9.59 Å². The molecule has 1 aliphatic heterocycles. The lowest BCUT2D eigenvalue weighted by molar-refractivity contribution is 0.312. The van der Waals surface area contributed by atoms with Crippen molar-refractivity contribution < 1.29 is 0 Å². The number of hydrogen-bond donors (Lipinski definition) is 2. The first-order chi connectivity index (χ1) is 16.8. The Bertz CT molecular complexity index is 1520. The molecule has 2 N–H and O–H groups in total. The molecule has 0 radical (unpaired) electrons. The maximum Gasteiger partial charge on any atom is 0.334 e. The molecule has 1 aliphatic rings. The van der Waals surface area contributed by atoms with Gasteiger partial charge in [0, 0.05) is 43.8 Å². The van der Waals surface area contributed by atoms with E-state index in [-0.39, 0.29) is 17.0 Å². The van der Waals surface area contributed by atoms with Crippen LogP contribution in [0.3, 0.4) is 0 Å². The Morgan fingerprint density at radius 3 is 2.51 bits per heavy atom. The Hall–Kier alpha value is -3.69. The summed E-state index contributed by atoms with van der Waals surface area (Å²) in [5.41, 5.74) is 3.25. The van der Waals surface area contributed by atoms with Gasteiger partial charge >= 0.3 is 5.69 Å². The third-order valence-electron chi connectivity index (χ3n) is 6.36. The molecule has 180 valence electrons. The van der Waals surface area contributed by atoms with Gasteiger partial charge in [0.2, 0.25) is 5.95 Å². The van der Waals surface area contributed by atoms with Gasteiger partial charge in [-0.05, 0) is 56.3 Å². The number of hydrogen-bond acceptors (Lipinski definition) is 7. The number of aromatic amines is 1. The second kappa shape index (κ2) is 9.16. The summed E-state index contributed by atoms with van der Waals surface area (Å²) >= 11 is 6.30. The molecule has 0 spiro atoms. The monoisotopic (exact) mass is 491 g/mol. The highest BCUT2D eigenvalue weighted by Gasteiger charge is 2.17. The molecule has 0 bridgehead atoms. The van der Waals surface area contributed by atoms with Crippen LogP contribution in [0.4, 0.5) is 17.3 Å². The van der Waals surface area contributed by atoms with Gasteiger partial charge in [0.15, 0.2) is 5.65 Å². The van der Waals surface area contributed by atoms with Crippen LogP contribution in [0, 0.1) is 13.8 Å². The summed E-state index contributed by atoms with van der Waals surface area (Å²) in [5, 5.41) is 3.68. The molecular formula is C25H26ClN7O2. The fourth-order valence-corrected chi connectivity index (χ4v) is 4.74. The number of rotatable bonds is 4. The molecule has 3 heterocycles. The molecule has 9 nitrogen and oxygen atoms in total. The fraction of sp³-hybridized carbons (Fsp3) is 0.280. The summed E-state index contributed by atoms with van der Waals surface area (Å²) in [6, 6.07) is 11.3. The Kier molecular flexibility index (Phi) is 6.04. The van der Waals surface area contributed by atoms with Crippen molar-refractivity contribution in [2.75, 3.05) is 43.4 Å². The van der Waals surface area contributed by atoms with Crippen molar-refractivity contribution in [1.29, 1.82) is 0 Å². The van der Waals surface area contributed by atoms with E-state index in [0.717, 1.165) is 42.0 Å². The number of para-hydroxylation sites is 1. The highest BCUT2D eigenvalue weighted by atomic mass is 35.5. The fourth-order valence-electron chi connectivity index (χ4n) is 4.44. The lowest BCUT2D eigenvalue weighted by Crippen LogP contribution is -2.44. The summed E-state index contributed by atoms with van der Waals surface area (Å²) in [6.45, 7) is 7.95. The number of aromatic nitrogens is 4. The number of H-pyrrole nitrogens is 1. The lowest BCUT2D eigenvalue weighted by atomic mass is 10.1. The van der Waals surface area contributed by atoms with E-state index in [1.165, 1.54) is 11.9 Å². The lowest BCUT2D eigenvalue weighted by Gasteiger charge is -2.35. The molecule has 1 saturated heterocycles. The molecule has 10 heteroatoms. The van der Waals surface area contributed by atoms with Crippen molar-refractivity contribution in [2.45, 2.75) is 13.8 Å². The number of nitrogens with zero attached hydrogens (tertiary/aromatic N) is 5. The Morgan fingerprint density at radius 2 is 1.80 bits per heavy atom. The number of nitrogens with one attached hydrogen (secondary N) is 2. The van der Waals surface area contributed by atoms with Crippen molar-refractivity contribution in [3.63, 3.8) is 0 Å². The van der Waals surface area contributed by atoms with Gasteiger partial charge in [0.05, 0.1) is 10.7 Å². The first-order valence-corrected chi connectivity index (χ1v) is 11.8. The molecule has 35 heavy (non-hydrogen) atoms. The molecule has 0 atom stereocenters. The minimum atomic E-state index is -0.615. The molecule has 0 aliphatic carbocycles. The maximum atomic E-state index is 13.2. The van der Waals surface area contributed by atoms with Crippen molar-refractivity contribution >= 4 is 40.0 Å². The maximum absolute atomic E-state index is 13.2. The number of fused-ring (bicyclic) bond motifs is 1. The van der Waals surface area contributed by atoms with Gasteiger partial charge in [-0.25, -0.2) is 14.3 Å². The molecule has 2 aromatic heterocycles. The first-order valence-electron chi connectivity index (χ1n) is 11.4. The van der Waals surface area contributed by atoms with Gasteiger partial charge in [-0.3, -0.25) is 9.78 Å².